The standard InChI is InChI=1S/C4H10O.2C3H8.C2H6O/c1-3-5-4-2;2*1-3-2;1-2-3/h3-4H2,1-2H3;2*3H2,1-2H3;3H,2H2,1H3. The normalized spacial score (nSPS) is 6.86. The first-order valence-electron chi connectivity index (χ1n) is 5.84. The molecule has 0 fully saturated rings. The van der Waals surface area contributed by atoms with E-state index >= 15 is 0 Å². The van der Waals surface area contributed by atoms with Crippen molar-refractivity contribution in [3.63, 3.8) is 0 Å². The zero-order chi connectivity index (χ0) is 12.2. The molecule has 0 unspecified atom stereocenters. The van der Waals surface area contributed by atoms with E-state index in [-0.39, 0.29) is 6.61 Å². The van der Waals surface area contributed by atoms with Crippen LogP contribution < -0.4 is 0 Å². The molecule has 0 saturated carbocycles. The van der Waals surface area contributed by atoms with Crippen molar-refractivity contribution in [2.45, 2.75) is 61.3 Å². The monoisotopic (exact) mass is 208 g/mol. The first kappa shape index (κ1) is 23.6. The lowest BCUT2D eigenvalue weighted by Crippen LogP contribution is -1.84. The Morgan fingerprint density at radius 1 is 0.714 bits per heavy atom. The zero-order valence-corrected chi connectivity index (χ0v) is 11.4. The van der Waals surface area contributed by atoms with Gasteiger partial charge in [-0.15, -0.1) is 0 Å². The molecule has 1 N–H and O–H groups in total. The number of hydrogen-bond donors (Lipinski definition) is 1. The van der Waals surface area contributed by atoms with Crippen molar-refractivity contribution < 1.29 is 9.84 Å². The highest BCUT2D eigenvalue weighted by Crippen LogP contribution is 1.64. The highest BCUT2D eigenvalue weighted by Gasteiger charge is 1.64. The highest BCUT2D eigenvalue weighted by molar-refractivity contribution is 4.07. The summed E-state index contributed by atoms with van der Waals surface area (Å²) in [5.41, 5.74) is 0. The van der Waals surface area contributed by atoms with E-state index in [9.17, 15) is 0 Å². The van der Waals surface area contributed by atoms with Gasteiger partial charge in [-0.1, -0.05) is 40.5 Å². The van der Waals surface area contributed by atoms with Crippen molar-refractivity contribution >= 4 is 0 Å². The SMILES string of the molecule is CCC.CCC.CCO.CCOCC. The summed E-state index contributed by atoms with van der Waals surface area (Å²) in [6.07, 6.45) is 2.50. The fourth-order valence-electron chi connectivity index (χ4n) is 0.204. The lowest BCUT2D eigenvalue weighted by molar-refractivity contribution is 0.162. The van der Waals surface area contributed by atoms with Gasteiger partial charge < -0.3 is 9.84 Å². The first-order chi connectivity index (χ1) is 6.66. The molecule has 0 bridgehead atoms. The third-order valence-corrected chi connectivity index (χ3v) is 0.408. The summed E-state index contributed by atoms with van der Waals surface area (Å²) >= 11 is 0. The van der Waals surface area contributed by atoms with Crippen LogP contribution in [-0.4, -0.2) is 24.9 Å². The van der Waals surface area contributed by atoms with Gasteiger partial charge in [0.05, 0.1) is 0 Å². The minimum atomic E-state index is 0.250. The Morgan fingerprint density at radius 2 is 0.857 bits per heavy atom. The second-order valence-corrected chi connectivity index (χ2v) is 2.51. The number of aliphatic hydroxyl groups excluding tert-OH is 1. The van der Waals surface area contributed by atoms with Crippen LogP contribution in [0.5, 0.6) is 0 Å². The maximum absolute atomic E-state index is 7.57. The van der Waals surface area contributed by atoms with E-state index in [4.69, 9.17) is 9.84 Å². The molecule has 0 atom stereocenters. The molecule has 0 aliphatic heterocycles. The Bertz CT molecular complexity index is 32.5. The Morgan fingerprint density at radius 3 is 0.857 bits per heavy atom. The van der Waals surface area contributed by atoms with Crippen LogP contribution >= 0.6 is 0 Å². The second-order valence-electron chi connectivity index (χ2n) is 2.51. The summed E-state index contributed by atoms with van der Waals surface area (Å²) < 4.78 is 4.83. The molecule has 0 aromatic carbocycles. The molecular formula is C12H32O2. The molecule has 2 heteroatoms. The number of ether oxygens (including phenoxy) is 1. The van der Waals surface area contributed by atoms with Crippen LogP contribution in [0.15, 0.2) is 0 Å². The smallest absolute Gasteiger partial charge is 0.0437 e. The summed E-state index contributed by atoms with van der Waals surface area (Å²) in [6.45, 7) is 16.1. The predicted molar refractivity (Wildman–Crippen MR) is 66.9 cm³/mol. The van der Waals surface area contributed by atoms with Crippen LogP contribution in [-0.2, 0) is 4.74 Å². The van der Waals surface area contributed by atoms with Gasteiger partial charge in [0, 0.05) is 19.8 Å². The topological polar surface area (TPSA) is 29.5 Å². The molecule has 0 saturated heterocycles. The summed E-state index contributed by atoms with van der Waals surface area (Å²) in [5, 5.41) is 7.57. The summed E-state index contributed by atoms with van der Waals surface area (Å²) in [5.74, 6) is 0. The third kappa shape index (κ3) is 386. The van der Waals surface area contributed by atoms with Crippen LogP contribution in [0.2, 0.25) is 0 Å². The lowest BCUT2D eigenvalue weighted by Gasteiger charge is -1.86. The second kappa shape index (κ2) is 52.4. The van der Waals surface area contributed by atoms with Gasteiger partial charge in [-0.25, -0.2) is 0 Å². The van der Waals surface area contributed by atoms with Gasteiger partial charge in [-0.2, -0.15) is 0 Å². The Labute approximate surface area is 91.7 Å². The van der Waals surface area contributed by atoms with E-state index < -0.39 is 0 Å². The zero-order valence-electron chi connectivity index (χ0n) is 11.4. The largest absolute Gasteiger partial charge is 0.397 e. The Hall–Kier alpha value is -0.0800. The molecule has 0 radical (unpaired) electrons. The van der Waals surface area contributed by atoms with E-state index in [1.54, 1.807) is 6.92 Å². The molecule has 0 spiro atoms. The quantitative estimate of drug-likeness (QED) is 0.746. The molecular weight excluding hydrogens is 176 g/mol. The number of rotatable bonds is 2. The van der Waals surface area contributed by atoms with Gasteiger partial charge in [0.25, 0.3) is 0 Å². The summed E-state index contributed by atoms with van der Waals surface area (Å²) in [4.78, 5) is 0. The van der Waals surface area contributed by atoms with E-state index in [1.165, 1.54) is 12.8 Å². The predicted octanol–water partition coefficient (Wildman–Crippen LogP) is 3.87. The minimum absolute atomic E-state index is 0.250. The van der Waals surface area contributed by atoms with Crippen molar-refractivity contribution in [2.24, 2.45) is 0 Å². The molecule has 0 aromatic heterocycles. The van der Waals surface area contributed by atoms with Crippen molar-refractivity contribution in [1.82, 2.24) is 0 Å². The van der Waals surface area contributed by atoms with Crippen molar-refractivity contribution in [1.29, 1.82) is 0 Å². The molecule has 92 valence electrons. The van der Waals surface area contributed by atoms with E-state index in [2.05, 4.69) is 27.7 Å². The van der Waals surface area contributed by atoms with Crippen molar-refractivity contribution in [3.05, 3.63) is 0 Å². The first-order valence-corrected chi connectivity index (χ1v) is 5.84. The van der Waals surface area contributed by atoms with Crippen molar-refractivity contribution in [3.8, 4) is 0 Å². The van der Waals surface area contributed by atoms with Gasteiger partial charge in [0.1, 0.15) is 0 Å². The Kier molecular flexibility index (Phi) is 88.3. The molecule has 0 amide bonds. The summed E-state index contributed by atoms with van der Waals surface area (Å²) in [6, 6.07) is 0. The highest BCUT2D eigenvalue weighted by atomic mass is 16.5. The van der Waals surface area contributed by atoms with Gasteiger partial charge >= 0.3 is 0 Å². The van der Waals surface area contributed by atoms with Crippen LogP contribution in [0, 0.1) is 0 Å². The number of hydrogen-bond acceptors (Lipinski definition) is 2. The molecule has 0 heterocycles. The fraction of sp³-hybridized carbons (Fsp3) is 1.00. The van der Waals surface area contributed by atoms with Gasteiger partial charge in [0.15, 0.2) is 0 Å². The molecule has 0 aromatic rings. The van der Waals surface area contributed by atoms with Gasteiger partial charge in [-0.3, -0.25) is 0 Å². The van der Waals surface area contributed by atoms with Crippen LogP contribution in [0.3, 0.4) is 0 Å². The van der Waals surface area contributed by atoms with E-state index in [0.717, 1.165) is 13.2 Å². The molecule has 0 rings (SSSR count). The minimum Gasteiger partial charge on any atom is -0.397 e. The van der Waals surface area contributed by atoms with Crippen LogP contribution in [0.1, 0.15) is 61.3 Å². The lowest BCUT2D eigenvalue weighted by atomic mass is 10.6. The Balaban J connectivity index is -0.0000000495. The van der Waals surface area contributed by atoms with Crippen LogP contribution in [0.25, 0.3) is 0 Å². The maximum atomic E-state index is 7.57. The van der Waals surface area contributed by atoms with E-state index in [1.807, 2.05) is 13.8 Å². The molecule has 0 aliphatic carbocycles. The molecule has 14 heavy (non-hydrogen) atoms. The third-order valence-electron chi connectivity index (χ3n) is 0.408. The average molecular weight is 208 g/mol. The van der Waals surface area contributed by atoms with Gasteiger partial charge in [-0.05, 0) is 20.8 Å². The molecule has 0 aliphatic rings. The number of aliphatic hydroxyl groups is 1. The van der Waals surface area contributed by atoms with Crippen molar-refractivity contribution in [2.75, 3.05) is 19.8 Å². The summed E-state index contributed by atoms with van der Waals surface area (Å²) in [7, 11) is 0. The average Bonchev–Trinajstić information content (AvgIpc) is 2.09. The fourth-order valence-corrected chi connectivity index (χ4v) is 0.204. The maximum Gasteiger partial charge on any atom is 0.0437 e. The van der Waals surface area contributed by atoms with E-state index in [0.29, 0.717) is 0 Å². The van der Waals surface area contributed by atoms with Gasteiger partial charge in [0.2, 0.25) is 0 Å². The van der Waals surface area contributed by atoms with Crippen LogP contribution in [0.4, 0.5) is 0 Å². The molecule has 2 nitrogen and oxygen atoms in total.